The van der Waals surface area contributed by atoms with Gasteiger partial charge in [-0.15, -0.1) is 0 Å². The maximum Gasteiger partial charge on any atom is 0.0502 e. The third kappa shape index (κ3) is 2.75. The highest BCUT2D eigenvalue weighted by Gasteiger charge is 2.49. The maximum atomic E-state index is 6.34. The lowest BCUT2D eigenvalue weighted by atomic mass is 9.83. The number of rotatable bonds is 5. The number of nitrogens with zero attached hydrogens (tertiary/aromatic N) is 2. The third-order valence-corrected chi connectivity index (χ3v) is 5.65. The van der Waals surface area contributed by atoms with Gasteiger partial charge in [-0.2, -0.15) is 0 Å². The highest BCUT2D eigenvalue weighted by atomic mass is 15.3. The van der Waals surface area contributed by atoms with E-state index in [4.69, 9.17) is 5.73 Å². The molecule has 2 unspecified atom stereocenters. The van der Waals surface area contributed by atoms with Gasteiger partial charge in [-0.25, -0.2) is 0 Å². The first-order valence-electron chi connectivity index (χ1n) is 8.53. The monoisotopic (exact) mass is 287 g/mol. The molecule has 0 bridgehead atoms. The summed E-state index contributed by atoms with van der Waals surface area (Å²) in [6.07, 6.45) is 5.28. The molecule has 3 rings (SSSR count). The summed E-state index contributed by atoms with van der Waals surface area (Å²) in [7, 11) is 0. The Kier molecular flexibility index (Phi) is 4.63. The summed E-state index contributed by atoms with van der Waals surface area (Å²) in [4.78, 5) is 5.35. The number of benzene rings is 1. The normalized spacial score (nSPS) is 29.8. The fraction of sp³-hybridized carbons (Fsp3) is 0.667. The van der Waals surface area contributed by atoms with Crippen molar-refractivity contribution in [1.29, 1.82) is 0 Å². The summed E-state index contributed by atoms with van der Waals surface area (Å²) in [5.74, 6) is 0. The van der Waals surface area contributed by atoms with Gasteiger partial charge >= 0.3 is 0 Å². The Hall–Kier alpha value is -0.900. The summed E-state index contributed by atoms with van der Waals surface area (Å²) in [6, 6.07) is 11.5. The van der Waals surface area contributed by atoms with Gasteiger partial charge < -0.3 is 5.73 Å². The van der Waals surface area contributed by atoms with Crippen molar-refractivity contribution in [2.24, 2.45) is 5.73 Å². The zero-order chi connectivity index (χ0) is 14.7. The Morgan fingerprint density at radius 2 is 2.05 bits per heavy atom. The summed E-state index contributed by atoms with van der Waals surface area (Å²) in [6.45, 7) is 7.68. The lowest BCUT2D eigenvalue weighted by molar-refractivity contribution is 0.0352. The number of likely N-dealkylation sites (N-methyl/N-ethyl adjacent to an activating group) is 1. The van der Waals surface area contributed by atoms with E-state index in [-0.39, 0.29) is 5.54 Å². The molecule has 0 spiro atoms. The van der Waals surface area contributed by atoms with Gasteiger partial charge in [0.1, 0.15) is 0 Å². The molecule has 0 aliphatic carbocycles. The van der Waals surface area contributed by atoms with Crippen LogP contribution in [-0.4, -0.2) is 47.6 Å². The number of fused-ring (bicyclic) bond motifs is 1. The van der Waals surface area contributed by atoms with Gasteiger partial charge in [-0.1, -0.05) is 43.7 Å². The molecule has 21 heavy (non-hydrogen) atoms. The molecule has 0 radical (unpaired) electrons. The molecule has 2 atom stereocenters. The first-order chi connectivity index (χ1) is 10.3. The van der Waals surface area contributed by atoms with Crippen LogP contribution in [0, 0.1) is 0 Å². The lowest BCUT2D eigenvalue weighted by Crippen LogP contribution is -2.61. The topological polar surface area (TPSA) is 32.5 Å². The molecule has 0 saturated carbocycles. The van der Waals surface area contributed by atoms with Crippen molar-refractivity contribution in [2.75, 3.05) is 26.2 Å². The van der Waals surface area contributed by atoms with Crippen molar-refractivity contribution in [1.82, 2.24) is 9.80 Å². The zero-order valence-corrected chi connectivity index (χ0v) is 13.3. The van der Waals surface area contributed by atoms with E-state index < -0.39 is 0 Å². The molecular formula is C18H29N3. The van der Waals surface area contributed by atoms with Crippen molar-refractivity contribution in [3.05, 3.63) is 35.9 Å². The molecule has 2 aliphatic heterocycles. The zero-order valence-electron chi connectivity index (χ0n) is 13.3. The Morgan fingerprint density at radius 3 is 2.76 bits per heavy atom. The van der Waals surface area contributed by atoms with Gasteiger partial charge in [0.15, 0.2) is 0 Å². The van der Waals surface area contributed by atoms with Gasteiger partial charge in [-0.3, -0.25) is 9.80 Å². The van der Waals surface area contributed by atoms with E-state index in [0.717, 1.165) is 19.6 Å². The van der Waals surface area contributed by atoms with Gasteiger partial charge in [0.25, 0.3) is 0 Å². The summed E-state index contributed by atoms with van der Waals surface area (Å²) in [5.41, 5.74) is 7.93. The van der Waals surface area contributed by atoms with Crippen LogP contribution >= 0.6 is 0 Å². The molecule has 2 saturated heterocycles. The largest absolute Gasteiger partial charge is 0.329 e. The van der Waals surface area contributed by atoms with Crippen LogP contribution in [0.15, 0.2) is 30.3 Å². The molecule has 3 nitrogen and oxygen atoms in total. The van der Waals surface area contributed by atoms with E-state index >= 15 is 0 Å². The van der Waals surface area contributed by atoms with E-state index in [1.165, 1.54) is 44.3 Å². The molecule has 2 aliphatic rings. The van der Waals surface area contributed by atoms with Crippen LogP contribution in [0.1, 0.15) is 38.2 Å². The third-order valence-electron chi connectivity index (χ3n) is 5.65. The van der Waals surface area contributed by atoms with Gasteiger partial charge in [0.2, 0.25) is 0 Å². The fourth-order valence-electron chi connectivity index (χ4n) is 4.49. The smallest absolute Gasteiger partial charge is 0.0502 e. The van der Waals surface area contributed by atoms with E-state index in [9.17, 15) is 0 Å². The van der Waals surface area contributed by atoms with Crippen LogP contribution in [0.2, 0.25) is 0 Å². The molecule has 116 valence electrons. The molecule has 0 aromatic heterocycles. The highest BCUT2D eigenvalue weighted by Crippen LogP contribution is 2.39. The Bertz CT molecular complexity index is 447. The first kappa shape index (κ1) is 15.0. The Labute approximate surface area is 129 Å². The van der Waals surface area contributed by atoms with E-state index in [2.05, 4.69) is 47.1 Å². The lowest BCUT2D eigenvalue weighted by Gasteiger charge is -2.47. The second-order valence-corrected chi connectivity index (χ2v) is 6.61. The van der Waals surface area contributed by atoms with Gasteiger partial charge in [-0.05, 0) is 37.9 Å². The molecule has 1 aromatic rings. The summed E-state index contributed by atoms with van der Waals surface area (Å²) in [5, 5.41) is 0. The second kappa shape index (κ2) is 6.47. The van der Waals surface area contributed by atoms with Crippen molar-refractivity contribution < 1.29 is 0 Å². The van der Waals surface area contributed by atoms with Crippen molar-refractivity contribution in [3.63, 3.8) is 0 Å². The fourth-order valence-corrected chi connectivity index (χ4v) is 4.49. The number of hydrogen-bond donors (Lipinski definition) is 1. The highest BCUT2D eigenvalue weighted by molar-refractivity contribution is 5.17. The standard InChI is InChI=1S/C18H29N3/c1-2-21(14-16-8-4-3-5-9-16)18(15-19)11-13-20-12-7-6-10-17(18)20/h3-5,8-9,17H,2,6-7,10-15,19H2,1H3. The predicted molar refractivity (Wildman–Crippen MR) is 88.1 cm³/mol. The maximum absolute atomic E-state index is 6.34. The summed E-state index contributed by atoms with van der Waals surface area (Å²) >= 11 is 0. The van der Waals surface area contributed by atoms with Crippen molar-refractivity contribution in [2.45, 2.75) is 50.7 Å². The van der Waals surface area contributed by atoms with E-state index in [1.54, 1.807) is 0 Å². The SMILES string of the molecule is CCN(Cc1ccccc1)C1(CN)CCN2CCCCC21. The summed E-state index contributed by atoms with van der Waals surface area (Å²) < 4.78 is 0. The number of nitrogens with two attached hydrogens (primary N) is 1. The van der Waals surface area contributed by atoms with Gasteiger partial charge in [0, 0.05) is 25.7 Å². The van der Waals surface area contributed by atoms with Crippen LogP contribution in [0.4, 0.5) is 0 Å². The van der Waals surface area contributed by atoms with Crippen LogP contribution < -0.4 is 5.73 Å². The molecule has 2 N–H and O–H groups in total. The minimum atomic E-state index is 0.186. The molecule has 1 aromatic carbocycles. The number of piperidine rings is 1. The number of hydrogen-bond acceptors (Lipinski definition) is 3. The van der Waals surface area contributed by atoms with Crippen molar-refractivity contribution in [3.8, 4) is 0 Å². The Balaban J connectivity index is 1.82. The van der Waals surface area contributed by atoms with Crippen LogP contribution in [0.25, 0.3) is 0 Å². The first-order valence-corrected chi connectivity index (χ1v) is 8.53. The van der Waals surface area contributed by atoms with E-state index in [0.29, 0.717) is 6.04 Å². The van der Waals surface area contributed by atoms with Crippen molar-refractivity contribution >= 4 is 0 Å². The van der Waals surface area contributed by atoms with E-state index in [1.807, 2.05) is 0 Å². The molecule has 2 heterocycles. The van der Waals surface area contributed by atoms with Crippen LogP contribution in [0.5, 0.6) is 0 Å². The molecule has 0 amide bonds. The molecular weight excluding hydrogens is 258 g/mol. The minimum absolute atomic E-state index is 0.186. The predicted octanol–water partition coefficient (Wildman–Crippen LogP) is 2.46. The molecule has 2 fully saturated rings. The van der Waals surface area contributed by atoms with Crippen LogP contribution in [0.3, 0.4) is 0 Å². The minimum Gasteiger partial charge on any atom is -0.329 e. The Morgan fingerprint density at radius 1 is 1.24 bits per heavy atom. The van der Waals surface area contributed by atoms with Gasteiger partial charge in [0.05, 0.1) is 5.54 Å². The van der Waals surface area contributed by atoms with Crippen LogP contribution in [-0.2, 0) is 6.54 Å². The molecule has 3 heteroatoms. The average Bonchev–Trinajstić information content (AvgIpc) is 2.93. The average molecular weight is 287 g/mol. The second-order valence-electron chi connectivity index (χ2n) is 6.61. The quantitative estimate of drug-likeness (QED) is 0.903.